The normalized spacial score (nSPS) is 31.8. The van der Waals surface area contributed by atoms with E-state index in [-0.39, 0.29) is 12.5 Å². The molecule has 1 heterocycles. The fraction of sp³-hybridized carbons (Fsp3) is 0.750. The summed E-state index contributed by atoms with van der Waals surface area (Å²) < 4.78 is 0. The van der Waals surface area contributed by atoms with Gasteiger partial charge in [-0.05, 0) is 31.6 Å². The number of nitrogens with one attached hydrogen (secondary N) is 1. The van der Waals surface area contributed by atoms with Crippen molar-refractivity contribution in [2.75, 3.05) is 6.54 Å². The predicted octanol–water partition coefficient (Wildman–Crippen LogP) is 0.363. The van der Waals surface area contributed by atoms with E-state index in [4.69, 9.17) is 5.73 Å². The summed E-state index contributed by atoms with van der Waals surface area (Å²) in [6.45, 7) is 1.81. The summed E-state index contributed by atoms with van der Waals surface area (Å²) in [5.41, 5.74) is 4.27. The van der Waals surface area contributed by atoms with Gasteiger partial charge in [0.15, 0.2) is 0 Å². The van der Waals surface area contributed by atoms with Gasteiger partial charge in [-0.1, -0.05) is 13.3 Å². The Morgan fingerprint density at radius 1 is 1.44 bits per heavy atom. The summed E-state index contributed by atoms with van der Waals surface area (Å²) in [6, 6.07) is -0.492. The van der Waals surface area contributed by atoms with Gasteiger partial charge in [0.25, 0.3) is 5.91 Å². The van der Waals surface area contributed by atoms with Crippen LogP contribution in [0.25, 0.3) is 0 Å². The maximum Gasteiger partial charge on any atom is 0.325 e. The third-order valence-corrected chi connectivity index (χ3v) is 4.10. The summed E-state index contributed by atoms with van der Waals surface area (Å²) in [6.07, 6.45) is 4.29. The minimum absolute atomic E-state index is 0.291. The molecule has 1 saturated carbocycles. The number of hydrogen-bond donors (Lipinski definition) is 2. The topological polar surface area (TPSA) is 92.5 Å². The lowest BCUT2D eigenvalue weighted by atomic mass is 9.75. The molecule has 2 aliphatic rings. The number of urea groups is 1. The van der Waals surface area contributed by atoms with Crippen LogP contribution in [0.2, 0.25) is 0 Å². The summed E-state index contributed by atoms with van der Waals surface area (Å²) in [4.78, 5) is 35.8. The van der Waals surface area contributed by atoms with E-state index in [9.17, 15) is 14.4 Å². The summed E-state index contributed by atoms with van der Waals surface area (Å²) >= 11 is 0. The first-order chi connectivity index (χ1) is 8.48. The van der Waals surface area contributed by atoms with Crippen LogP contribution in [0, 0.1) is 5.92 Å². The molecule has 2 rings (SSSR count). The maximum atomic E-state index is 12.3. The van der Waals surface area contributed by atoms with Crippen LogP contribution in [0.5, 0.6) is 0 Å². The number of carbonyl (C=O) groups excluding carboxylic acids is 3. The van der Waals surface area contributed by atoms with E-state index in [1.54, 1.807) is 0 Å². The molecule has 2 fully saturated rings. The van der Waals surface area contributed by atoms with Crippen molar-refractivity contribution in [1.29, 1.82) is 0 Å². The third-order valence-electron chi connectivity index (χ3n) is 4.10. The lowest BCUT2D eigenvalue weighted by molar-refractivity contribution is -0.135. The first-order valence-corrected chi connectivity index (χ1v) is 6.41. The SMILES string of the molecule is CCC1CCC2(CC1)NC(=O)N(CC(N)=O)C2=O. The zero-order valence-electron chi connectivity index (χ0n) is 10.6. The molecule has 0 unspecified atom stereocenters. The molecule has 0 aromatic rings. The van der Waals surface area contributed by atoms with Gasteiger partial charge in [0.2, 0.25) is 5.91 Å². The van der Waals surface area contributed by atoms with E-state index in [0.717, 1.165) is 24.2 Å². The molecule has 1 aliphatic carbocycles. The van der Waals surface area contributed by atoms with Gasteiger partial charge in [0.05, 0.1) is 0 Å². The average Bonchev–Trinajstić information content (AvgIpc) is 2.55. The Morgan fingerprint density at radius 3 is 2.56 bits per heavy atom. The largest absolute Gasteiger partial charge is 0.368 e. The van der Waals surface area contributed by atoms with E-state index < -0.39 is 17.5 Å². The van der Waals surface area contributed by atoms with Crippen LogP contribution < -0.4 is 11.1 Å². The van der Waals surface area contributed by atoms with Crippen molar-refractivity contribution in [3.05, 3.63) is 0 Å². The van der Waals surface area contributed by atoms with Crippen molar-refractivity contribution in [2.24, 2.45) is 11.7 Å². The summed E-state index contributed by atoms with van der Waals surface area (Å²) in [5.74, 6) is -0.329. The maximum absolute atomic E-state index is 12.3. The van der Waals surface area contributed by atoms with Crippen LogP contribution in [-0.4, -0.2) is 34.8 Å². The van der Waals surface area contributed by atoms with Gasteiger partial charge in [-0.2, -0.15) is 0 Å². The zero-order chi connectivity index (χ0) is 13.3. The molecule has 0 bridgehead atoms. The minimum atomic E-state index is -0.780. The van der Waals surface area contributed by atoms with Gasteiger partial charge in [0, 0.05) is 0 Å². The van der Waals surface area contributed by atoms with Gasteiger partial charge < -0.3 is 11.1 Å². The van der Waals surface area contributed by atoms with Gasteiger partial charge in [0.1, 0.15) is 12.1 Å². The second-order valence-corrected chi connectivity index (χ2v) is 5.22. The van der Waals surface area contributed by atoms with E-state index in [1.165, 1.54) is 0 Å². The molecule has 0 aromatic carbocycles. The highest BCUT2D eigenvalue weighted by Crippen LogP contribution is 2.37. The molecule has 3 N–H and O–H groups in total. The Bertz CT molecular complexity index is 386. The number of nitrogens with two attached hydrogens (primary N) is 1. The molecular weight excluding hydrogens is 234 g/mol. The smallest absolute Gasteiger partial charge is 0.325 e. The van der Waals surface area contributed by atoms with Crippen molar-refractivity contribution in [2.45, 2.75) is 44.6 Å². The molecule has 0 radical (unpaired) electrons. The predicted molar refractivity (Wildman–Crippen MR) is 64.4 cm³/mol. The van der Waals surface area contributed by atoms with Crippen molar-refractivity contribution in [3.63, 3.8) is 0 Å². The van der Waals surface area contributed by atoms with Gasteiger partial charge in [-0.25, -0.2) is 4.79 Å². The number of imide groups is 1. The van der Waals surface area contributed by atoms with Gasteiger partial charge in [-0.3, -0.25) is 14.5 Å². The van der Waals surface area contributed by atoms with Crippen LogP contribution in [0.1, 0.15) is 39.0 Å². The molecule has 100 valence electrons. The highest BCUT2D eigenvalue weighted by Gasteiger charge is 2.52. The number of amides is 4. The second-order valence-electron chi connectivity index (χ2n) is 5.22. The van der Waals surface area contributed by atoms with Crippen molar-refractivity contribution < 1.29 is 14.4 Å². The fourth-order valence-corrected chi connectivity index (χ4v) is 2.89. The Balaban J connectivity index is 2.10. The van der Waals surface area contributed by atoms with Crippen LogP contribution >= 0.6 is 0 Å². The number of hydrogen-bond acceptors (Lipinski definition) is 3. The highest BCUT2D eigenvalue weighted by atomic mass is 16.2. The summed E-state index contributed by atoms with van der Waals surface area (Å²) in [5, 5.41) is 2.75. The standard InChI is InChI=1S/C12H19N3O3/c1-2-8-3-5-12(6-4-8)10(17)15(7-9(13)16)11(18)14-12/h8H,2-7H2,1H3,(H2,13,16)(H,14,18). The number of primary amides is 1. The lowest BCUT2D eigenvalue weighted by Crippen LogP contribution is -2.49. The molecule has 6 nitrogen and oxygen atoms in total. The molecule has 0 atom stereocenters. The Labute approximate surface area is 106 Å². The average molecular weight is 253 g/mol. The molecule has 1 saturated heterocycles. The Kier molecular flexibility index (Phi) is 3.28. The van der Waals surface area contributed by atoms with Crippen LogP contribution in [0.15, 0.2) is 0 Å². The van der Waals surface area contributed by atoms with Gasteiger partial charge >= 0.3 is 6.03 Å². The number of rotatable bonds is 3. The Morgan fingerprint density at radius 2 is 2.06 bits per heavy atom. The molecule has 1 spiro atoms. The summed E-state index contributed by atoms with van der Waals surface area (Å²) in [7, 11) is 0. The van der Waals surface area contributed by atoms with Crippen LogP contribution in [0.3, 0.4) is 0 Å². The van der Waals surface area contributed by atoms with E-state index in [2.05, 4.69) is 12.2 Å². The molecule has 1 aliphatic heterocycles. The molecule has 4 amide bonds. The lowest BCUT2D eigenvalue weighted by Gasteiger charge is -2.34. The molecule has 0 aromatic heterocycles. The second kappa shape index (κ2) is 4.59. The number of nitrogens with zero attached hydrogens (tertiary/aromatic N) is 1. The molecular formula is C12H19N3O3. The van der Waals surface area contributed by atoms with Crippen molar-refractivity contribution in [1.82, 2.24) is 10.2 Å². The van der Waals surface area contributed by atoms with Crippen LogP contribution in [0.4, 0.5) is 4.79 Å². The van der Waals surface area contributed by atoms with E-state index in [0.29, 0.717) is 18.8 Å². The van der Waals surface area contributed by atoms with Crippen molar-refractivity contribution in [3.8, 4) is 0 Å². The minimum Gasteiger partial charge on any atom is -0.368 e. The molecule has 6 heteroatoms. The third kappa shape index (κ3) is 2.07. The first-order valence-electron chi connectivity index (χ1n) is 6.41. The van der Waals surface area contributed by atoms with E-state index in [1.807, 2.05) is 0 Å². The zero-order valence-corrected chi connectivity index (χ0v) is 10.6. The first kappa shape index (κ1) is 12.9. The number of carbonyl (C=O) groups is 3. The van der Waals surface area contributed by atoms with Gasteiger partial charge in [-0.15, -0.1) is 0 Å². The van der Waals surface area contributed by atoms with E-state index >= 15 is 0 Å². The molecule has 18 heavy (non-hydrogen) atoms. The monoisotopic (exact) mass is 253 g/mol. The fourth-order valence-electron chi connectivity index (χ4n) is 2.89. The Hall–Kier alpha value is -1.59. The van der Waals surface area contributed by atoms with Crippen molar-refractivity contribution >= 4 is 17.8 Å². The van der Waals surface area contributed by atoms with Crippen LogP contribution in [-0.2, 0) is 9.59 Å². The highest BCUT2D eigenvalue weighted by molar-refractivity contribution is 6.08. The quantitative estimate of drug-likeness (QED) is 0.711.